The average Bonchev–Trinajstić information content (AvgIpc) is 3.31. The summed E-state index contributed by atoms with van der Waals surface area (Å²) in [4.78, 5) is 36.2. The van der Waals surface area contributed by atoms with Crippen molar-refractivity contribution in [2.75, 3.05) is 32.8 Å². The fourth-order valence-corrected chi connectivity index (χ4v) is 4.54. The molecule has 0 bridgehead atoms. The van der Waals surface area contributed by atoms with E-state index in [4.69, 9.17) is 10.5 Å². The van der Waals surface area contributed by atoms with Gasteiger partial charge in [0.1, 0.15) is 5.75 Å². The Bertz CT molecular complexity index is 879. The van der Waals surface area contributed by atoms with E-state index in [-0.39, 0.29) is 22.8 Å². The maximum absolute atomic E-state index is 12.6. The standard InChI is InChI=1S/C16H20N4O6S/c17-15(22)12-9-11(27(24,25)19-6-1-2-7-19)3-4-13(12)26-10-14(21)20-8-5-18-16(20)23/h3-4,9H,1-2,5-8,10H2,(H2,17,22)(H,18,23). The van der Waals surface area contributed by atoms with Crippen LogP contribution in [0.5, 0.6) is 5.75 Å². The number of primary amides is 1. The number of sulfonamides is 1. The van der Waals surface area contributed by atoms with Crippen molar-refractivity contribution in [3.8, 4) is 5.75 Å². The zero-order chi connectivity index (χ0) is 19.6. The van der Waals surface area contributed by atoms with Gasteiger partial charge in [-0.05, 0) is 31.0 Å². The molecule has 0 aliphatic carbocycles. The number of hydrogen-bond donors (Lipinski definition) is 2. The van der Waals surface area contributed by atoms with E-state index >= 15 is 0 Å². The van der Waals surface area contributed by atoms with Gasteiger partial charge in [-0.15, -0.1) is 0 Å². The molecular weight excluding hydrogens is 376 g/mol. The molecule has 0 aromatic heterocycles. The van der Waals surface area contributed by atoms with Gasteiger partial charge in [-0.1, -0.05) is 0 Å². The van der Waals surface area contributed by atoms with Crippen LogP contribution in [0.4, 0.5) is 4.79 Å². The van der Waals surface area contributed by atoms with Crippen LogP contribution < -0.4 is 15.8 Å². The molecule has 1 aromatic carbocycles. The normalized spacial score (nSPS) is 17.8. The van der Waals surface area contributed by atoms with Crippen molar-refractivity contribution in [3.05, 3.63) is 23.8 Å². The van der Waals surface area contributed by atoms with Gasteiger partial charge in [0.25, 0.3) is 11.8 Å². The molecule has 0 atom stereocenters. The summed E-state index contributed by atoms with van der Waals surface area (Å²) in [5.74, 6) is -1.47. The Labute approximate surface area is 156 Å². The number of nitrogens with one attached hydrogen (secondary N) is 1. The molecule has 2 fully saturated rings. The zero-order valence-electron chi connectivity index (χ0n) is 14.5. The molecule has 0 spiro atoms. The fraction of sp³-hybridized carbons (Fsp3) is 0.438. The SMILES string of the molecule is NC(=O)c1cc(S(=O)(=O)N2CCCC2)ccc1OCC(=O)N1CCNC1=O. The lowest BCUT2D eigenvalue weighted by atomic mass is 10.2. The third kappa shape index (κ3) is 3.88. The second kappa shape index (κ2) is 7.53. The number of imide groups is 1. The molecule has 146 valence electrons. The Hall–Kier alpha value is -2.66. The van der Waals surface area contributed by atoms with Crippen molar-refractivity contribution >= 4 is 27.9 Å². The van der Waals surface area contributed by atoms with Gasteiger partial charge < -0.3 is 15.8 Å². The summed E-state index contributed by atoms with van der Waals surface area (Å²) in [5.41, 5.74) is 5.20. The minimum atomic E-state index is -3.72. The van der Waals surface area contributed by atoms with Crippen LogP contribution in [0.3, 0.4) is 0 Å². The fourth-order valence-electron chi connectivity index (χ4n) is 2.99. The molecule has 2 aliphatic heterocycles. The second-order valence-corrected chi connectivity index (χ2v) is 8.14. The number of benzene rings is 1. The molecule has 0 unspecified atom stereocenters. The van der Waals surface area contributed by atoms with E-state index in [0.29, 0.717) is 19.6 Å². The molecule has 11 heteroatoms. The van der Waals surface area contributed by atoms with E-state index in [0.717, 1.165) is 23.8 Å². The lowest BCUT2D eigenvalue weighted by Gasteiger charge is -2.17. The number of nitrogens with zero attached hydrogens (tertiary/aromatic N) is 2. The molecule has 27 heavy (non-hydrogen) atoms. The van der Waals surface area contributed by atoms with E-state index in [1.54, 1.807) is 0 Å². The summed E-state index contributed by atoms with van der Waals surface area (Å²) in [7, 11) is -3.72. The maximum Gasteiger partial charge on any atom is 0.324 e. The molecule has 2 saturated heterocycles. The summed E-state index contributed by atoms with van der Waals surface area (Å²) in [5, 5.41) is 2.49. The van der Waals surface area contributed by atoms with Crippen LogP contribution in [0.25, 0.3) is 0 Å². The Morgan fingerprint density at radius 1 is 1.19 bits per heavy atom. The molecular formula is C16H20N4O6S. The molecule has 4 amide bonds. The first kappa shape index (κ1) is 19.1. The molecule has 0 saturated carbocycles. The predicted octanol–water partition coefficient (Wildman–Crippen LogP) is -0.499. The van der Waals surface area contributed by atoms with E-state index in [1.165, 1.54) is 16.4 Å². The summed E-state index contributed by atoms with van der Waals surface area (Å²) in [6.07, 6.45) is 1.57. The first-order chi connectivity index (χ1) is 12.8. The summed E-state index contributed by atoms with van der Waals surface area (Å²) in [6, 6.07) is 3.24. The number of nitrogens with two attached hydrogens (primary N) is 1. The highest BCUT2D eigenvalue weighted by Crippen LogP contribution is 2.26. The van der Waals surface area contributed by atoms with Gasteiger partial charge >= 0.3 is 6.03 Å². The van der Waals surface area contributed by atoms with Crippen molar-refractivity contribution in [2.24, 2.45) is 5.73 Å². The molecule has 2 heterocycles. The monoisotopic (exact) mass is 396 g/mol. The highest BCUT2D eigenvalue weighted by molar-refractivity contribution is 7.89. The van der Waals surface area contributed by atoms with Gasteiger partial charge in [-0.3, -0.25) is 14.5 Å². The molecule has 10 nitrogen and oxygen atoms in total. The van der Waals surface area contributed by atoms with Gasteiger partial charge in [-0.25, -0.2) is 13.2 Å². The minimum Gasteiger partial charge on any atom is -0.483 e. The van der Waals surface area contributed by atoms with Crippen molar-refractivity contribution in [1.29, 1.82) is 0 Å². The van der Waals surface area contributed by atoms with Crippen molar-refractivity contribution in [1.82, 2.24) is 14.5 Å². The van der Waals surface area contributed by atoms with E-state index in [2.05, 4.69) is 5.32 Å². The second-order valence-electron chi connectivity index (χ2n) is 6.20. The Balaban J connectivity index is 1.79. The van der Waals surface area contributed by atoms with E-state index in [1.807, 2.05) is 0 Å². The van der Waals surface area contributed by atoms with Gasteiger partial charge in [0, 0.05) is 26.2 Å². The summed E-state index contributed by atoms with van der Waals surface area (Å²) in [6.45, 7) is 0.973. The van der Waals surface area contributed by atoms with Crippen LogP contribution in [0.2, 0.25) is 0 Å². The molecule has 1 aromatic rings. The largest absolute Gasteiger partial charge is 0.483 e. The van der Waals surface area contributed by atoms with Crippen molar-refractivity contribution in [2.45, 2.75) is 17.7 Å². The van der Waals surface area contributed by atoms with Crippen LogP contribution >= 0.6 is 0 Å². The van der Waals surface area contributed by atoms with Gasteiger partial charge in [0.15, 0.2) is 6.61 Å². The number of hydrogen-bond acceptors (Lipinski definition) is 6. The Morgan fingerprint density at radius 2 is 1.89 bits per heavy atom. The molecule has 3 rings (SSSR count). The predicted molar refractivity (Wildman–Crippen MR) is 93.6 cm³/mol. The third-order valence-corrected chi connectivity index (χ3v) is 6.32. The van der Waals surface area contributed by atoms with Crippen LogP contribution in [0.15, 0.2) is 23.1 Å². The Morgan fingerprint density at radius 3 is 2.48 bits per heavy atom. The number of ether oxygens (including phenoxy) is 1. The smallest absolute Gasteiger partial charge is 0.324 e. The summed E-state index contributed by atoms with van der Waals surface area (Å²) >= 11 is 0. The molecule has 0 radical (unpaired) electrons. The van der Waals surface area contributed by atoms with Crippen LogP contribution in [-0.4, -0.2) is 68.3 Å². The highest BCUT2D eigenvalue weighted by Gasteiger charge is 2.29. The van der Waals surface area contributed by atoms with Crippen LogP contribution in [0.1, 0.15) is 23.2 Å². The quantitative estimate of drug-likeness (QED) is 0.665. The maximum atomic E-state index is 12.6. The van der Waals surface area contributed by atoms with E-state index < -0.39 is 34.5 Å². The molecule has 3 N–H and O–H groups in total. The Kier molecular flexibility index (Phi) is 5.33. The van der Waals surface area contributed by atoms with Crippen LogP contribution in [0, 0.1) is 0 Å². The third-order valence-electron chi connectivity index (χ3n) is 4.43. The number of carbonyl (C=O) groups excluding carboxylic acids is 3. The number of rotatable bonds is 6. The van der Waals surface area contributed by atoms with Crippen LogP contribution in [-0.2, 0) is 14.8 Å². The number of amides is 4. The lowest BCUT2D eigenvalue weighted by Crippen LogP contribution is -2.37. The molecule has 2 aliphatic rings. The zero-order valence-corrected chi connectivity index (χ0v) is 15.3. The highest BCUT2D eigenvalue weighted by atomic mass is 32.2. The first-order valence-electron chi connectivity index (χ1n) is 8.45. The minimum absolute atomic E-state index is 0.0178. The van der Waals surface area contributed by atoms with Gasteiger partial charge in [0.2, 0.25) is 10.0 Å². The lowest BCUT2D eigenvalue weighted by molar-refractivity contribution is -0.129. The first-order valence-corrected chi connectivity index (χ1v) is 9.89. The van der Waals surface area contributed by atoms with Crippen molar-refractivity contribution < 1.29 is 27.5 Å². The van der Waals surface area contributed by atoms with Gasteiger partial charge in [0.05, 0.1) is 10.5 Å². The number of carbonyl (C=O) groups is 3. The number of urea groups is 1. The summed E-state index contributed by atoms with van der Waals surface area (Å²) < 4.78 is 31.9. The van der Waals surface area contributed by atoms with Crippen molar-refractivity contribution in [3.63, 3.8) is 0 Å². The topological polar surface area (TPSA) is 139 Å². The van der Waals surface area contributed by atoms with E-state index in [9.17, 15) is 22.8 Å². The van der Waals surface area contributed by atoms with Gasteiger partial charge in [-0.2, -0.15) is 4.31 Å². The average molecular weight is 396 g/mol.